The summed E-state index contributed by atoms with van der Waals surface area (Å²) >= 11 is 0. The highest BCUT2D eigenvalue weighted by molar-refractivity contribution is 6.04. The first-order chi connectivity index (χ1) is 17.7. The molecule has 0 spiro atoms. The number of hydrogen-bond acceptors (Lipinski definition) is 3. The average molecular weight is 467 g/mol. The number of ether oxygens (including phenoxy) is 1. The molecule has 5 aromatic carbocycles. The van der Waals surface area contributed by atoms with Crippen molar-refractivity contribution in [1.29, 1.82) is 5.26 Å². The van der Waals surface area contributed by atoms with Gasteiger partial charge in [0, 0.05) is 21.9 Å². The van der Waals surface area contributed by atoms with E-state index in [1.54, 1.807) is 0 Å². The van der Waals surface area contributed by atoms with Crippen LogP contribution in [0.25, 0.3) is 26.4 Å². The lowest BCUT2D eigenvalue weighted by molar-refractivity contribution is -0.141. The maximum absolute atomic E-state index is 12.2. The van der Waals surface area contributed by atoms with Crippen molar-refractivity contribution < 1.29 is 9.53 Å². The van der Waals surface area contributed by atoms with E-state index in [-0.39, 0.29) is 12.0 Å². The second-order valence-corrected chi connectivity index (χ2v) is 8.55. The largest absolute Gasteiger partial charge is 0.468 e. The molecule has 0 fully saturated rings. The van der Waals surface area contributed by atoms with Gasteiger partial charge < -0.3 is 9.58 Å². The molecular weight excluding hydrogens is 444 g/mol. The molecule has 1 aliphatic rings. The molecule has 0 unspecified atom stereocenters. The summed E-state index contributed by atoms with van der Waals surface area (Å²) in [5, 5.41) is 13.6. The molecule has 4 nitrogen and oxygen atoms in total. The molecule has 0 saturated carbocycles. The van der Waals surface area contributed by atoms with E-state index in [0.717, 1.165) is 49.4 Å². The third-order valence-corrected chi connectivity index (χ3v) is 6.65. The summed E-state index contributed by atoms with van der Waals surface area (Å²) in [6.07, 6.45) is 0. The number of nitrogens with zero attached hydrogens (tertiary/aromatic N) is 2. The van der Waals surface area contributed by atoms with Crippen LogP contribution in [0.1, 0.15) is 39.8 Å². The highest BCUT2D eigenvalue weighted by Crippen LogP contribution is 2.44. The lowest BCUT2D eigenvalue weighted by atomic mass is 9.76. The summed E-state index contributed by atoms with van der Waals surface area (Å²) in [5.74, 6) is -0.723. The van der Waals surface area contributed by atoms with Crippen molar-refractivity contribution >= 4 is 27.5 Å². The van der Waals surface area contributed by atoms with Crippen LogP contribution in [-0.4, -0.2) is 13.1 Å². The van der Waals surface area contributed by atoms with Crippen LogP contribution in [-0.2, 0) is 9.53 Å². The summed E-state index contributed by atoms with van der Waals surface area (Å²) in [7, 11) is 1.40. The number of benzene rings is 5. The van der Waals surface area contributed by atoms with Crippen LogP contribution >= 0.6 is 0 Å². The molecule has 0 saturated heterocycles. The van der Waals surface area contributed by atoms with Gasteiger partial charge in [0.15, 0.2) is 0 Å². The zero-order valence-corrected chi connectivity index (χ0v) is 19.7. The van der Waals surface area contributed by atoms with Crippen LogP contribution in [0.3, 0.4) is 0 Å². The fourth-order valence-corrected chi connectivity index (χ4v) is 5.03. The Balaban J connectivity index is 0.000000152. The Morgan fingerprint density at radius 1 is 0.778 bits per heavy atom. The van der Waals surface area contributed by atoms with Crippen molar-refractivity contribution in [2.24, 2.45) is 0 Å². The lowest BCUT2D eigenvalue weighted by Crippen LogP contribution is -2.23. The number of methoxy groups -OCH3 is 1. The lowest BCUT2D eigenvalue weighted by Gasteiger charge is -2.27. The third kappa shape index (κ3) is 3.86. The van der Waals surface area contributed by atoms with Crippen LogP contribution in [0, 0.1) is 17.9 Å². The van der Waals surface area contributed by atoms with E-state index in [0.29, 0.717) is 0 Å². The number of carbonyl (C=O) groups excluding carboxylic acids is 1. The smallest absolute Gasteiger partial charge is 0.317 e. The van der Waals surface area contributed by atoms with E-state index in [2.05, 4.69) is 17.0 Å². The molecule has 0 aromatic heterocycles. The van der Waals surface area contributed by atoms with E-state index in [1.807, 2.05) is 97.1 Å². The van der Waals surface area contributed by atoms with Gasteiger partial charge in [-0.25, -0.2) is 6.57 Å². The van der Waals surface area contributed by atoms with E-state index in [9.17, 15) is 10.1 Å². The van der Waals surface area contributed by atoms with Gasteiger partial charge in [0.1, 0.15) is 12.0 Å². The van der Waals surface area contributed by atoms with Crippen LogP contribution in [0.4, 0.5) is 0 Å². The predicted molar refractivity (Wildman–Crippen MR) is 141 cm³/mol. The first kappa shape index (κ1) is 22.8. The number of nitriles is 1. The minimum atomic E-state index is -0.439. The Bertz CT molecular complexity index is 1590. The molecule has 0 heterocycles. The summed E-state index contributed by atoms with van der Waals surface area (Å²) in [6, 6.07) is 35.4. The normalized spacial score (nSPS) is 15.4. The Kier molecular flexibility index (Phi) is 6.18. The minimum absolute atomic E-state index is 0.284. The first-order valence-electron chi connectivity index (χ1n) is 11.6. The fraction of sp³-hybridized carbons (Fsp3) is 0.0938. The molecule has 6 rings (SSSR count). The highest BCUT2D eigenvalue weighted by Gasteiger charge is 2.39. The van der Waals surface area contributed by atoms with E-state index in [4.69, 9.17) is 11.3 Å². The SMILES string of the molecule is N#Cc1c2ccccc2cc2ccccc12.[C-]#[N+]C1c2ccccc2C(C(=O)OC)c2ccccc21. The van der Waals surface area contributed by atoms with Gasteiger partial charge in [-0.05, 0) is 28.0 Å². The molecule has 0 bridgehead atoms. The van der Waals surface area contributed by atoms with Crippen LogP contribution < -0.4 is 0 Å². The molecular formula is C32H22N2O2. The monoisotopic (exact) mass is 466 g/mol. The maximum atomic E-state index is 12.2. The van der Waals surface area contributed by atoms with Gasteiger partial charge in [-0.1, -0.05) is 97.1 Å². The molecule has 0 aliphatic heterocycles. The van der Waals surface area contributed by atoms with Gasteiger partial charge in [-0.3, -0.25) is 4.79 Å². The number of rotatable bonds is 1. The van der Waals surface area contributed by atoms with Gasteiger partial charge in [0.05, 0.1) is 12.7 Å². The fourth-order valence-electron chi connectivity index (χ4n) is 5.03. The highest BCUT2D eigenvalue weighted by atomic mass is 16.5. The summed E-state index contributed by atoms with van der Waals surface area (Å²) in [4.78, 5) is 15.9. The molecule has 1 aliphatic carbocycles. The molecule has 5 aromatic rings. The minimum Gasteiger partial charge on any atom is -0.468 e. The van der Waals surface area contributed by atoms with Gasteiger partial charge in [-0.2, -0.15) is 5.26 Å². The van der Waals surface area contributed by atoms with Crippen molar-refractivity contribution in [3.63, 3.8) is 0 Å². The zero-order valence-electron chi connectivity index (χ0n) is 19.7. The van der Waals surface area contributed by atoms with Crippen molar-refractivity contribution in [2.75, 3.05) is 7.11 Å². The standard InChI is InChI=1S/C17H13NO2.C15H9N/c1-18-16-13-9-5-3-7-11(13)15(17(19)20-2)12-8-4-6-10-14(12)16;16-10-15-13-7-3-1-5-11(13)9-12-6-2-4-8-14(12)15/h3-10,15-16H,2H3;1-9H. The number of esters is 1. The van der Waals surface area contributed by atoms with Crippen LogP contribution in [0.2, 0.25) is 0 Å². The maximum Gasteiger partial charge on any atom is 0.317 e. The molecule has 0 amide bonds. The van der Waals surface area contributed by atoms with Crippen molar-refractivity contribution in [2.45, 2.75) is 12.0 Å². The Morgan fingerprint density at radius 2 is 1.22 bits per heavy atom. The Labute approximate surface area is 209 Å². The number of carbonyl (C=O) groups is 1. The first-order valence-corrected chi connectivity index (χ1v) is 11.6. The van der Waals surface area contributed by atoms with E-state index in [1.165, 1.54) is 7.11 Å². The van der Waals surface area contributed by atoms with E-state index < -0.39 is 5.92 Å². The molecule has 4 heteroatoms. The van der Waals surface area contributed by atoms with Crippen LogP contribution in [0.15, 0.2) is 103 Å². The van der Waals surface area contributed by atoms with Gasteiger partial charge in [0.25, 0.3) is 6.04 Å². The number of hydrogen-bond donors (Lipinski definition) is 0. The average Bonchev–Trinajstić information content (AvgIpc) is 2.94. The molecule has 36 heavy (non-hydrogen) atoms. The molecule has 0 N–H and O–H groups in total. The Morgan fingerprint density at radius 3 is 1.67 bits per heavy atom. The zero-order chi connectivity index (χ0) is 25.1. The van der Waals surface area contributed by atoms with Crippen molar-refractivity contribution in [3.8, 4) is 6.07 Å². The van der Waals surface area contributed by atoms with Gasteiger partial charge in [-0.15, -0.1) is 0 Å². The van der Waals surface area contributed by atoms with Crippen molar-refractivity contribution in [1.82, 2.24) is 0 Å². The molecule has 0 radical (unpaired) electrons. The second-order valence-electron chi connectivity index (χ2n) is 8.55. The van der Waals surface area contributed by atoms with Gasteiger partial charge >= 0.3 is 5.97 Å². The quantitative estimate of drug-likeness (QED) is 0.149. The number of fused-ring (bicyclic) bond motifs is 4. The molecule has 172 valence electrons. The summed E-state index contributed by atoms with van der Waals surface area (Å²) in [5.41, 5.74) is 4.32. The van der Waals surface area contributed by atoms with E-state index >= 15 is 0 Å². The third-order valence-electron chi connectivity index (χ3n) is 6.65. The molecule has 0 atom stereocenters. The van der Waals surface area contributed by atoms with Crippen molar-refractivity contribution in [3.05, 3.63) is 142 Å². The summed E-state index contributed by atoms with van der Waals surface area (Å²) < 4.78 is 4.96. The predicted octanol–water partition coefficient (Wildman–Crippen LogP) is 7.18. The van der Waals surface area contributed by atoms with Crippen LogP contribution in [0.5, 0.6) is 0 Å². The second kappa shape index (κ2) is 9.74. The topological polar surface area (TPSA) is 54.5 Å². The van der Waals surface area contributed by atoms with Gasteiger partial charge in [0.2, 0.25) is 0 Å². The Hall–Kier alpha value is -4.93. The summed E-state index contributed by atoms with van der Waals surface area (Å²) in [6.45, 7) is 7.49.